The molecule has 7 nitrogen and oxygen atoms in total. The first-order valence-corrected chi connectivity index (χ1v) is 8.24. The van der Waals surface area contributed by atoms with E-state index in [1.807, 2.05) is 30.8 Å². The van der Waals surface area contributed by atoms with Gasteiger partial charge >= 0.3 is 6.03 Å². The quantitative estimate of drug-likeness (QED) is 0.851. The average Bonchev–Trinajstić information content (AvgIpc) is 3.12. The summed E-state index contributed by atoms with van der Waals surface area (Å²) in [6, 6.07) is 1.97. The van der Waals surface area contributed by atoms with Crippen molar-refractivity contribution in [3.8, 4) is 0 Å². The number of carbonyl (C=O) groups excluding carboxylic acids is 2. The molecule has 1 aromatic heterocycles. The van der Waals surface area contributed by atoms with Crippen molar-refractivity contribution in [2.45, 2.75) is 58.3 Å². The predicted octanol–water partition coefficient (Wildman–Crippen LogP) is 1.37. The molecule has 3 amide bonds. The van der Waals surface area contributed by atoms with E-state index < -0.39 is 5.54 Å². The zero-order chi connectivity index (χ0) is 16.8. The van der Waals surface area contributed by atoms with Gasteiger partial charge in [-0.1, -0.05) is 0 Å². The fraction of sp³-hybridized carbons (Fsp3) is 0.688. The smallest absolute Gasteiger partial charge is 0.322 e. The van der Waals surface area contributed by atoms with E-state index >= 15 is 0 Å². The number of amides is 3. The van der Waals surface area contributed by atoms with Gasteiger partial charge in [0.05, 0.1) is 5.69 Å². The Bertz CT molecular complexity index is 624. The highest BCUT2D eigenvalue weighted by molar-refractivity contribution is 6.07. The van der Waals surface area contributed by atoms with Crippen molar-refractivity contribution in [3.63, 3.8) is 0 Å². The Kier molecular flexibility index (Phi) is 3.91. The van der Waals surface area contributed by atoms with Crippen molar-refractivity contribution in [3.05, 3.63) is 18.0 Å². The van der Waals surface area contributed by atoms with Crippen molar-refractivity contribution < 1.29 is 9.59 Å². The van der Waals surface area contributed by atoms with E-state index in [1.54, 1.807) is 0 Å². The van der Waals surface area contributed by atoms with Gasteiger partial charge < -0.3 is 5.32 Å². The van der Waals surface area contributed by atoms with Crippen LogP contribution in [0.5, 0.6) is 0 Å². The van der Waals surface area contributed by atoms with E-state index in [9.17, 15) is 9.59 Å². The molecule has 1 spiro atoms. The van der Waals surface area contributed by atoms with Crippen molar-refractivity contribution in [2.24, 2.45) is 0 Å². The molecule has 2 aliphatic rings. The lowest BCUT2D eigenvalue weighted by Crippen LogP contribution is -2.49. The first-order chi connectivity index (χ1) is 10.8. The van der Waals surface area contributed by atoms with E-state index in [-0.39, 0.29) is 18.0 Å². The fourth-order valence-electron chi connectivity index (χ4n) is 3.39. The van der Waals surface area contributed by atoms with Crippen LogP contribution in [0.25, 0.3) is 0 Å². The Hall–Kier alpha value is -1.89. The number of nitrogens with zero attached hydrogens (tertiary/aromatic N) is 4. The van der Waals surface area contributed by atoms with Crippen LogP contribution < -0.4 is 5.32 Å². The highest BCUT2D eigenvalue weighted by Gasteiger charge is 2.55. The second-order valence-electron chi connectivity index (χ2n) is 7.12. The Morgan fingerprint density at radius 3 is 2.57 bits per heavy atom. The van der Waals surface area contributed by atoms with Gasteiger partial charge in [0.1, 0.15) is 5.54 Å². The van der Waals surface area contributed by atoms with Crippen LogP contribution in [0, 0.1) is 0 Å². The summed E-state index contributed by atoms with van der Waals surface area (Å²) in [5.41, 5.74) is 0.246. The maximum Gasteiger partial charge on any atom is 0.325 e. The van der Waals surface area contributed by atoms with E-state index in [0.717, 1.165) is 12.2 Å². The molecule has 23 heavy (non-hydrogen) atoms. The summed E-state index contributed by atoms with van der Waals surface area (Å²) in [6.45, 7) is 9.95. The topological polar surface area (TPSA) is 70.5 Å². The SMILES string of the molecule is CC(C)N1C(=O)N[C@@]2(CCN(Cc3ccn(C(C)C)n3)C2)C1=O. The van der Waals surface area contributed by atoms with Crippen LogP contribution in [-0.4, -0.2) is 56.2 Å². The number of urea groups is 1. The normalized spacial score (nSPS) is 25.4. The van der Waals surface area contributed by atoms with Gasteiger partial charge in [0.25, 0.3) is 5.91 Å². The zero-order valence-electron chi connectivity index (χ0n) is 14.2. The molecule has 1 N–H and O–H groups in total. The molecule has 1 aromatic rings. The van der Waals surface area contributed by atoms with Crippen LogP contribution in [-0.2, 0) is 11.3 Å². The molecule has 1 atom stereocenters. The molecule has 3 rings (SSSR count). The minimum absolute atomic E-state index is 0.0901. The van der Waals surface area contributed by atoms with E-state index in [2.05, 4.69) is 29.2 Å². The molecular formula is C16H25N5O2. The fourth-order valence-corrected chi connectivity index (χ4v) is 3.39. The third kappa shape index (κ3) is 2.73. The molecule has 3 heterocycles. The summed E-state index contributed by atoms with van der Waals surface area (Å²) < 4.78 is 1.93. The first-order valence-electron chi connectivity index (χ1n) is 8.24. The highest BCUT2D eigenvalue weighted by Crippen LogP contribution is 2.30. The molecule has 0 unspecified atom stereocenters. The van der Waals surface area contributed by atoms with Crippen molar-refractivity contribution >= 4 is 11.9 Å². The van der Waals surface area contributed by atoms with Gasteiger partial charge in [-0.2, -0.15) is 5.10 Å². The molecule has 2 aliphatic heterocycles. The molecule has 0 saturated carbocycles. The molecule has 7 heteroatoms. The largest absolute Gasteiger partial charge is 0.325 e. The number of nitrogens with one attached hydrogen (secondary N) is 1. The molecule has 0 radical (unpaired) electrons. The second kappa shape index (κ2) is 5.63. The van der Waals surface area contributed by atoms with E-state index in [1.165, 1.54) is 4.90 Å². The van der Waals surface area contributed by atoms with Crippen LogP contribution in [0.15, 0.2) is 12.3 Å². The van der Waals surface area contributed by atoms with E-state index in [0.29, 0.717) is 25.6 Å². The maximum absolute atomic E-state index is 12.7. The lowest BCUT2D eigenvalue weighted by atomic mass is 9.98. The standard InChI is InChI=1S/C16H25N5O2/c1-11(2)20-7-5-13(18-20)9-19-8-6-16(10-19)14(22)21(12(3)4)15(23)17-16/h5,7,11-12H,6,8-10H2,1-4H3,(H,17,23)/t16-/m1/s1. The van der Waals surface area contributed by atoms with Crippen LogP contribution in [0.2, 0.25) is 0 Å². The van der Waals surface area contributed by atoms with Gasteiger partial charge in [0.15, 0.2) is 0 Å². The number of rotatable bonds is 4. The number of likely N-dealkylation sites (tertiary alicyclic amines) is 1. The summed E-state index contributed by atoms with van der Waals surface area (Å²) in [5.74, 6) is -0.0901. The van der Waals surface area contributed by atoms with Crippen LogP contribution in [0.1, 0.15) is 45.9 Å². The minimum Gasteiger partial charge on any atom is -0.322 e. The molecule has 0 aliphatic carbocycles. The second-order valence-corrected chi connectivity index (χ2v) is 7.12. The van der Waals surface area contributed by atoms with Crippen LogP contribution >= 0.6 is 0 Å². The van der Waals surface area contributed by atoms with Crippen molar-refractivity contribution in [2.75, 3.05) is 13.1 Å². The number of imide groups is 1. The first kappa shape index (κ1) is 16.0. The molecule has 0 bridgehead atoms. The van der Waals surface area contributed by atoms with Gasteiger partial charge in [-0.3, -0.25) is 19.3 Å². The molecule has 2 fully saturated rings. The molecule has 2 saturated heterocycles. The Morgan fingerprint density at radius 1 is 1.26 bits per heavy atom. The lowest BCUT2D eigenvalue weighted by Gasteiger charge is -2.23. The van der Waals surface area contributed by atoms with Crippen LogP contribution in [0.3, 0.4) is 0 Å². The molecule has 126 valence electrons. The number of hydrogen-bond donors (Lipinski definition) is 1. The van der Waals surface area contributed by atoms with Gasteiger partial charge in [-0.05, 0) is 40.2 Å². The van der Waals surface area contributed by atoms with Gasteiger partial charge in [0, 0.05) is 37.9 Å². The molecular weight excluding hydrogens is 294 g/mol. The summed E-state index contributed by atoms with van der Waals surface area (Å²) >= 11 is 0. The van der Waals surface area contributed by atoms with Crippen molar-refractivity contribution in [1.82, 2.24) is 24.9 Å². The summed E-state index contributed by atoms with van der Waals surface area (Å²) in [4.78, 5) is 28.3. The Morgan fingerprint density at radius 2 is 2.00 bits per heavy atom. The van der Waals surface area contributed by atoms with Gasteiger partial charge in [-0.15, -0.1) is 0 Å². The number of carbonyl (C=O) groups is 2. The predicted molar refractivity (Wildman–Crippen MR) is 85.8 cm³/mol. The third-order valence-corrected chi connectivity index (χ3v) is 4.64. The zero-order valence-corrected chi connectivity index (χ0v) is 14.2. The van der Waals surface area contributed by atoms with Crippen LogP contribution in [0.4, 0.5) is 4.79 Å². The number of hydrogen-bond acceptors (Lipinski definition) is 4. The van der Waals surface area contributed by atoms with E-state index in [4.69, 9.17) is 0 Å². The summed E-state index contributed by atoms with van der Waals surface area (Å²) in [5, 5.41) is 7.48. The molecule has 0 aromatic carbocycles. The maximum atomic E-state index is 12.7. The third-order valence-electron chi connectivity index (χ3n) is 4.64. The summed E-state index contributed by atoms with van der Waals surface area (Å²) in [6.07, 6.45) is 2.64. The summed E-state index contributed by atoms with van der Waals surface area (Å²) in [7, 11) is 0. The Balaban J connectivity index is 1.68. The van der Waals surface area contributed by atoms with Gasteiger partial charge in [-0.25, -0.2) is 4.79 Å². The Labute approximate surface area is 136 Å². The van der Waals surface area contributed by atoms with Gasteiger partial charge in [0.2, 0.25) is 0 Å². The highest BCUT2D eigenvalue weighted by atomic mass is 16.2. The minimum atomic E-state index is -0.748. The number of aromatic nitrogens is 2. The van der Waals surface area contributed by atoms with Crippen molar-refractivity contribution in [1.29, 1.82) is 0 Å². The monoisotopic (exact) mass is 319 g/mol. The lowest BCUT2D eigenvalue weighted by molar-refractivity contribution is -0.132. The average molecular weight is 319 g/mol.